The molecule has 1 aliphatic carbocycles. The number of fused-ring (bicyclic) bond motifs is 1. The van der Waals surface area contributed by atoms with Gasteiger partial charge in [0.2, 0.25) is 0 Å². The molecule has 0 bridgehead atoms. The van der Waals surface area contributed by atoms with Crippen LogP contribution in [0.25, 0.3) is 0 Å². The van der Waals surface area contributed by atoms with E-state index in [1.165, 1.54) is 7.11 Å². The molecule has 0 radical (unpaired) electrons. The minimum Gasteiger partial charge on any atom is -0.550 e. The molecule has 18 heavy (non-hydrogen) atoms. The van der Waals surface area contributed by atoms with Crippen LogP contribution in [-0.2, 0) is 14.3 Å². The Morgan fingerprint density at radius 2 is 2.11 bits per heavy atom. The number of carboxylic acids is 2. The van der Waals surface area contributed by atoms with Crippen molar-refractivity contribution in [2.75, 3.05) is 7.11 Å². The summed E-state index contributed by atoms with van der Waals surface area (Å²) in [5.74, 6) is -2.61. The number of carbonyl (C=O) groups is 2. The van der Waals surface area contributed by atoms with Gasteiger partial charge in [0.15, 0.2) is 0 Å². The molecule has 1 N–H and O–H groups in total. The molecule has 6 nitrogen and oxygen atoms in total. The highest BCUT2D eigenvalue weighted by atomic mass is 16.5. The highest BCUT2D eigenvalue weighted by Crippen LogP contribution is 2.40. The summed E-state index contributed by atoms with van der Waals surface area (Å²) in [5, 5.41) is 24.5. The van der Waals surface area contributed by atoms with Crippen LogP contribution in [0.1, 0.15) is 25.7 Å². The lowest BCUT2D eigenvalue weighted by molar-refractivity contribution is -0.307. The SMILES string of the molecule is CO[C@H]1CCC[C@H]2C1=C(C(=O)[O-])N[C@H]2CC(=O)[O-]. The second kappa shape index (κ2) is 4.97. The first kappa shape index (κ1) is 12.9. The van der Waals surface area contributed by atoms with E-state index in [2.05, 4.69) is 5.32 Å². The van der Waals surface area contributed by atoms with Gasteiger partial charge in [0, 0.05) is 31.5 Å². The van der Waals surface area contributed by atoms with Gasteiger partial charge in [0.1, 0.15) is 0 Å². The van der Waals surface area contributed by atoms with Crippen molar-refractivity contribution in [3.63, 3.8) is 0 Å². The Kier molecular flexibility index (Phi) is 3.56. The number of carboxylic acid groups (broad SMARTS) is 2. The maximum absolute atomic E-state index is 11.1. The van der Waals surface area contributed by atoms with Crippen molar-refractivity contribution in [2.45, 2.75) is 37.8 Å². The van der Waals surface area contributed by atoms with Gasteiger partial charge in [-0.1, -0.05) is 0 Å². The molecule has 6 heteroatoms. The molecule has 0 aromatic rings. The quantitative estimate of drug-likeness (QED) is 0.617. The Labute approximate surface area is 105 Å². The van der Waals surface area contributed by atoms with Gasteiger partial charge in [-0.3, -0.25) is 0 Å². The van der Waals surface area contributed by atoms with Gasteiger partial charge in [-0.25, -0.2) is 0 Å². The van der Waals surface area contributed by atoms with Crippen molar-refractivity contribution in [3.8, 4) is 0 Å². The summed E-state index contributed by atoms with van der Waals surface area (Å²) in [4.78, 5) is 21.8. The maximum Gasteiger partial charge on any atom is 0.0875 e. The summed E-state index contributed by atoms with van der Waals surface area (Å²) >= 11 is 0. The lowest BCUT2D eigenvalue weighted by atomic mass is 9.79. The fourth-order valence-electron chi connectivity index (χ4n) is 3.00. The van der Waals surface area contributed by atoms with Crippen molar-refractivity contribution in [2.24, 2.45) is 5.92 Å². The number of carbonyl (C=O) groups excluding carboxylic acids is 2. The van der Waals surface area contributed by atoms with Gasteiger partial charge in [0.05, 0.1) is 17.8 Å². The van der Waals surface area contributed by atoms with E-state index >= 15 is 0 Å². The number of methoxy groups -OCH3 is 1. The average molecular weight is 253 g/mol. The summed E-state index contributed by atoms with van der Waals surface area (Å²) in [5.41, 5.74) is 0.646. The lowest BCUT2D eigenvalue weighted by Gasteiger charge is -2.31. The van der Waals surface area contributed by atoms with Crippen LogP contribution in [0.3, 0.4) is 0 Å². The van der Waals surface area contributed by atoms with Crippen LogP contribution in [0.2, 0.25) is 0 Å². The Bertz CT molecular complexity index is 403. The van der Waals surface area contributed by atoms with E-state index in [1.807, 2.05) is 0 Å². The first-order chi connectivity index (χ1) is 8.54. The van der Waals surface area contributed by atoms with Crippen LogP contribution < -0.4 is 15.5 Å². The number of hydrogen-bond acceptors (Lipinski definition) is 6. The van der Waals surface area contributed by atoms with Gasteiger partial charge >= 0.3 is 0 Å². The van der Waals surface area contributed by atoms with E-state index < -0.39 is 18.0 Å². The zero-order valence-electron chi connectivity index (χ0n) is 10.1. The second-order valence-corrected chi connectivity index (χ2v) is 4.71. The highest BCUT2D eigenvalue weighted by Gasteiger charge is 2.40. The smallest absolute Gasteiger partial charge is 0.0875 e. The van der Waals surface area contributed by atoms with Crippen molar-refractivity contribution in [1.29, 1.82) is 0 Å². The molecule has 0 saturated heterocycles. The first-order valence-corrected chi connectivity index (χ1v) is 5.99. The lowest BCUT2D eigenvalue weighted by Crippen LogP contribution is -2.39. The normalized spacial score (nSPS) is 30.8. The van der Waals surface area contributed by atoms with Crippen LogP contribution in [0.5, 0.6) is 0 Å². The fourth-order valence-corrected chi connectivity index (χ4v) is 3.00. The van der Waals surface area contributed by atoms with Crippen LogP contribution in [0.15, 0.2) is 11.3 Å². The number of nitrogens with one attached hydrogen (secondary N) is 1. The average Bonchev–Trinajstić information content (AvgIpc) is 2.67. The predicted octanol–water partition coefficient (Wildman–Crippen LogP) is -2.08. The fraction of sp³-hybridized carbons (Fsp3) is 0.667. The van der Waals surface area contributed by atoms with E-state index in [0.717, 1.165) is 19.3 Å². The number of hydrogen-bond donors (Lipinski definition) is 1. The molecular formula is C12H15NO5-2. The van der Waals surface area contributed by atoms with Crippen LogP contribution in [0.4, 0.5) is 0 Å². The standard InChI is InChI=1S/C12H17NO5/c1-18-8-4-2-3-6-7(5-9(14)15)13-11(10(6)8)12(16)17/h6-8,13H,2-5H2,1H3,(H,14,15)(H,16,17)/p-2/t6-,7+,8+/m1/s1. The molecule has 3 atom stereocenters. The van der Waals surface area contributed by atoms with E-state index in [4.69, 9.17) is 4.74 Å². The van der Waals surface area contributed by atoms with Gasteiger partial charge in [-0.05, 0) is 24.8 Å². The highest BCUT2D eigenvalue weighted by molar-refractivity contribution is 5.86. The predicted molar refractivity (Wildman–Crippen MR) is 56.7 cm³/mol. The van der Waals surface area contributed by atoms with Crippen molar-refractivity contribution in [3.05, 3.63) is 11.3 Å². The third kappa shape index (κ3) is 2.20. The van der Waals surface area contributed by atoms with Crippen molar-refractivity contribution in [1.82, 2.24) is 5.32 Å². The Morgan fingerprint density at radius 3 is 2.67 bits per heavy atom. The van der Waals surface area contributed by atoms with Gasteiger partial charge in [-0.15, -0.1) is 0 Å². The number of rotatable bonds is 4. The monoisotopic (exact) mass is 253 g/mol. The summed E-state index contributed by atoms with van der Waals surface area (Å²) < 4.78 is 5.29. The molecule has 100 valence electrons. The summed E-state index contributed by atoms with van der Waals surface area (Å²) in [6, 6.07) is -0.434. The van der Waals surface area contributed by atoms with Gasteiger partial charge in [-0.2, -0.15) is 0 Å². The summed E-state index contributed by atoms with van der Waals surface area (Å²) in [6.07, 6.45) is 1.92. The zero-order chi connectivity index (χ0) is 13.3. The summed E-state index contributed by atoms with van der Waals surface area (Å²) in [7, 11) is 1.53. The molecule has 1 aliphatic heterocycles. The van der Waals surface area contributed by atoms with E-state index in [-0.39, 0.29) is 24.1 Å². The molecule has 0 spiro atoms. The molecule has 1 saturated carbocycles. The Balaban J connectivity index is 2.29. The third-order valence-electron chi connectivity index (χ3n) is 3.71. The zero-order valence-corrected chi connectivity index (χ0v) is 10.1. The number of ether oxygens (including phenoxy) is 1. The minimum atomic E-state index is -1.31. The Hall–Kier alpha value is -1.56. The molecule has 1 fully saturated rings. The molecular weight excluding hydrogens is 238 g/mol. The van der Waals surface area contributed by atoms with Crippen LogP contribution in [0, 0.1) is 5.92 Å². The molecule has 0 aromatic carbocycles. The van der Waals surface area contributed by atoms with Crippen molar-refractivity contribution < 1.29 is 24.5 Å². The molecule has 0 aromatic heterocycles. The minimum absolute atomic E-state index is 0.00204. The van der Waals surface area contributed by atoms with E-state index in [9.17, 15) is 19.8 Å². The molecule has 0 amide bonds. The Morgan fingerprint density at radius 1 is 1.39 bits per heavy atom. The topological polar surface area (TPSA) is 102 Å². The summed E-state index contributed by atoms with van der Waals surface area (Å²) in [6.45, 7) is 0. The van der Waals surface area contributed by atoms with Crippen LogP contribution >= 0.6 is 0 Å². The molecule has 2 rings (SSSR count). The van der Waals surface area contributed by atoms with Gasteiger partial charge in [0.25, 0.3) is 0 Å². The number of aliphatic carboxylic acids is 2. The molecule has 2 aliphatic rings. The maximum atomic E-state index is 11.1. The second-order valence-electron chi connectivity index (χ2n) is 4.71. The molecule has 0 unspecified atom stereocenters. The molecule has 1 heterocycles. The van der Waals surface area contributed by atoms with Crippen molar-refractivity contribution >= 4 is 11.9 Å². The first-order valence-electron chi connectivity index (χ1n) is 5.99. The van der Waals surface area contributed by atoms with E-state index in [0.29, 0.717) is 5.57 Å². The van der Waals surface area contributed by atoms with Crippen LogP contribution in [-0.4, -0.2) is 31.2 Å². The third-order valence-corrected chi connectivity index (χ3v) is 3.71. The largest absolute Gasteiger partial charge is 0.550 e. The van der Waals surface area contributed by atoms with Gasteiger partial charge < -0.3 is 29.9 Å². The van der Waals surface area contributed by atoms with E-state index in [1.54, 1.807) is 0 Å².